The minimum atomic E-state index is 0.901. The molecule has 3 aromatic rings. The van der Waals surface area contributed by atoms with Gasteiger partial charge in [0.2, 0.25) is 0 Å². The van der Waals surface area contributed by atoms with Crippen LogP contribution in [0.5, 0.6) is 5.75 Å². The number of fused-ring (bicyclic) bond motifs is 3. The van der Waals surface area contributed by atoms with E-state index in [9.17, 15) is 0 Å². The van der Waals surface area contributed by atoms with Crippen LogP contribution in [0.1, 0.15) is 11.1 Å². The lowest BCUT2D eigenvalue weighted by Gasteiger charge is -2.03. The lowest BCUT2D eigenvalue weighted by Crippen LogP contribution is -1.88. The minimum Gasteiger partial charge on any atom is -0.497 e. The van der Waals surface area contributed by atoms with Gasteiger partial charge >= 0.3 is 0 Å². The first-order valence-electron chi connectivity index (χ1n) is 6.26. The van der Waals surface area contributed by atoms with E-state index in [4.69, 9.17) is 4.74 Å². The molecule has 1 aromatic carbocycles. The molecule has 0 spiro atoms. The van der Waals surface area contributed by atoms with E-state index in [1.54, 1.807) is 18.4 Å². The quantitative estimate of drug-likeness (QED) is 0.581. The first-order chi connectivity index (χ1) is 9.76. The van der Waals surface area contributed by atoms with Crippen molar-refractivity contribution in [3.63, 3.8) is 0 Å². The summed E-state index contributed by atoms with van der Waals surface area (Å²) in [5, 5.41) is 7.69. The highest BCUT2D eigenvalue weighted by Crippen LogP contribution is 2.43. The van der Waals surface area contributed by atoms with E-state index in [0.29, 0.717) is 0 Å². The number of hydrogen-bond donors (Lipinski definition) is 1. The molecule has 20 heavy (non-hydrogen) atoms. The SMILES string of the molecule is COc1ccc2c(c1)Cc1c-2n[nH]c1-c1ccc(Br)s1. The smallest absolute Gasteiger partial charge is 0.119 e. The van der Waals surface area contributed by atoms with Crippen LogP contribution in [0.2, 0.25) is 0 Å². The molecule has 5 heteroatoms. The minimum absolute atomic E-state index is 0.901. The van der Waals surface area contributed by atoms with Crippen LogP contribution in [-0.4, -0.2) is 17.3 Å². The van der Waals surface area contributed by atoms with E-state index in [-0.39, 0.29) is 0 Å². The van der Waals surface area contributed by atoms with Gasteiger partial charge in [-0.05, 0) is 51.8 Å². The number of methoxy groups -OCH3 is 1. The Morgan fingerprint density at radius 2 is 2.20 bits per heavy atom. The number of halogens is 1. The average Bonchev–Trinajstić information content (AvgIpc) is 3.12. The van der Waals surface area contributed by atoms with Crippen LogP contribution in [0.4, 0.5) is 0 Å². The molecule has 0 aliphatic heterocycles. The first-order valence-corrected chi connectivity index (χ1v) is 7.87. The van der Waals surface area contributed by atoms with Gasteiger partial charge in [0.05, 0.1) is 27.2 Å². The molecule has 2 aromatic heterocycles. The fourth-order valence-electron chi connectivity index (χ4n) is 2.68. The van der Waals surface area contributed by atoms with Crippen molar-refractivity contribution in [2.75, 3.05) is 7.11 Å². The molecule has 0 saturated carbocycles. The molecule has 3 nitrogen and oxygen atoms in total. The molecule has 0 bridgehead atoms. The van der Waals surface area contributed by atoms with E-state index in [1.807, 2.05) is 6.07 Å². The first kappa shape index (κ1) is 12.2. The van der Waals surface area contributed by atoms with E-state index in [1.165, 1.54) is 21.6 Å². The summed E-state index contributed by atoms with van der Waals surface area (Å²) in [7, 11) is 1.70. The lowest BCUT2D eigenvalue weighted by molar-refractivity contribution is 0.414. The summed E-state index contributed by atoms with van der Waals surface area (Å²) in [5.41, 5.74) is 5.97. The summed E-state index contributed by atoms with van der Waals surface area (Å²) in [6.45, 7) is 0. The number of rotatable bonds is 2. The monoisotopic (exact) mass is 346 g/mol. The molecule has 2 heterocycles. The number of aromatic nitrogens is 2. The molecule has 0 fully saturated rings. The number of benzene rings is 1. The molecule has 1 aliphatic rings. The van der Waals surface area contributed by atoms with Crippen molar-refractivity contribution in [1.82, 2.24) is 10.2 Å². The normalized spacial score (nSPS) is 12.3. The number of aromatic amines is 1. The predicted molar refractivity (Wildman–Crippen MR) is 84.4 cm³/mol. The fraction of sp³-hybridized carbons (Fsp3) is 0.133. The predicted octanol–water partition coefficient (Wildman–Crippen LogP) is 4.48. The van der Waals surface area contributed by atoms with Crippen molar-refractivity contribution in [2.45, 2.75) is 6.42 Å². The zero-order chi connectivity index (χ0) is 13.7. The third kappa shape index (κ3) is 1.73. The Hall–Kier alpha value is -1.59. The van der Waals surface area contributed by atoms with Gasteiger partial charge in [0.25, 0.3) is 0 Å². The Kier molecular flexibility index (Phi) is 2.72. The molecular weight excluding hydrogens is 336 g/mol. The zero-order valence-corrected chi connectivity index (χ0v) is 13.1. The summed E-state index contributed by atoms with van der Waals surface area (Å²) < 4.78 is 6.43. The molecule has 0 unspecified atom stereocenters. The van der Waals surface area contributed by atoms with Gasteiger partial charge in [-0.1, -0.05) is 0 Å². The fourth-order valence-corrected chi connectivity index (χ4v) is 4.09. The average molecular weight is 347 g/mol. The van der Waals surface area contributed by atoms with Crippen LogP contribution < -0.4 is 4.74 Å². The second-order valence-electron chi connectivity index (χ2n) is 4.73. The summed E-state index contributed by atoms with van der Waals surface area (Å²) in [5.74, 6) is 0.901. The summed E-state index contributed by atoms with van der Waals surface area (Å²) in [4.78, 5) is 1.21. The maximum Gasteiger partial charge on any atom is 0.119 e. The molecule has 100 valence electrons. The zero-order valence-electron chi connectivity index (χ0n) is 10.7. The topological polar surface area (TPSA) is 37.9 Å². The number of nitrogens with one attached hydrogen (secondary N) is 1. The molecule has 1 aliphatic carbocycles. The number of ether oxygens (including phenoxy) is 1. The third-order valence-corrected chi connectivity index (χ3v) is 5.26. The number of H-pyrrole nitrogens is 1. The highest BCUT2D eigenvalue weighted by molar-refractivity contribution is 9.11. The van der Waals surface area contributed by atoms with Crippen LogP contribution in [0.25, 0.3) is 21.8 Å². The van der Waals surface area contributed by atoms with Gasteiger partial charge in [0, 0.05) is 17.5 Å². The molecular formula is C15H11BrN2OS. The highest BCUT2D eigenvalue weighted by Gasteiger charge is 2.26. The van der Waals surface area contributed by atoms with Crippen molar-refractivity contribution >= 4 is 27.3 Å². The van der Waals surface area contributed by atoms with E-state index in [2.05, 4.69) is 50.4 Å². The van der Waals surface area contributed by atoms with Crippen molar-refractivity contribution in [2.24, 2.45) is 0 Å². The summed E-state index contributed by atoms with van der Waals surface area (Å²) in [6, 6.07) is 10.4. The molecule has 1 N–H and O–H groups in total. The van der Waals surface area contributed by atoms with Gasteiger partial charge in [0.15, 0.2) is 0 Å². The van der Waals surface area contributed by atoms with Gasteiger partial charge in [0.1, 0.15) is 5.75 Å². The van der Waals surface area contributed by atoms with Crippen LogP contribution in [-0.2, 0) is 6.42 Å². The standard InChI is InChI=1S/C15H11BrN2OS/c1-19-9-2-3-10-8(6-9)7-11-14(10)17-18-15(11)12-4-5-13(16)20-12/h2-6H,7H2,1H3,(H,17,18). The Morgan fingerprint density at radius 3 is 2.95 bits per heavy atom. The van der Waals surface area contributed by atoms with Crippen molar-refractivity contribution < 1.29 is 4.74 Å². The second kappa shape index (κ2) is 4.46. The molecule has 0 atom stereocenters. The van der Waals surface area contributed by atoms with Crippen molar-refractivity contribution in [3.05, 3.63) is 45.2 Å². The summed E-state index contributed by atoms with van der Waals surface area (Å²) in [6.07, 6.45) is 0.906. The number of nitrogens with zero attached hydrogens (tertiary/aromatic N) is 1. The lowest BCUT2D eigenvalue weighted by atomic mass is 10.1. The Balaban J connectivity index is 1.83. The Bertz CT molecular complexity index is 806. The van der Waals surface area contributed by atoms with Crippen LogP contribution in [0, 0.1) is 0 Å². The maximum absolute atomic E-state index is 5.30. The Labute approximate surface area is 128 Å². The van der Waals surface area contributed by atoms with Crippen molar-refractivity contribution in [3.8, 4) is 27.6 Å². The van der Waals surface area contributed by atoms with E-state index < -0.39 is 0 Å². The van der Waals surface area contributed by atoms with Gasteiger partial charge in [-0.3, -0.25) is 5.10 Å². The molecule has 0 amide bonds. The second-order valence-corrected chi connectivity index (χ2v) is 7.19. The molecule has 0 saturated heterocycles. The molecule has 0 radical (unpaired) electrons. The van der Waals surface area contributed by atoms with E-state index >= 15 is 0 Å². The summed E-state index contributed by atoms with van der Waals surface area (Å²) >= 11 is 5.23. The maximum atomic E-state index is 5.30. The largest absolute Gasteiger partial charge is 0.497 e. The third-order valence-electron chi connectivity index (χ3n) is 3.62. The van der Waals surface area contributed by atoms with Gasteiger partial charge < -0.3 is 4.74 Å². The van der Waals surface area contributed by atoms with Crippen LogP contribution >= 0.6 is 27.3 Å². The molecule has 4 rings (SSSR count). The highest BCUT2D eigenvalue weighted by atomic mass is 79.9. The number of hydrogen-bond acceptors (Lipinski definition) is 3. The van der Waals surface area contributed by atoms with Crippen LogP contribution in [0.15, 0.2) is 34.1 Å². The van der Waals surface area contributed by atoms with Crippen LogP contribution in [0.3, 0.4) is 0 Å². The Morgan fingerprint density at radius 1 is 1.30 bits per heavy atom. The van der Waals surface area contributed by atoms with E-state index in [0.717, 1.165) is 27.3 Å². The number of thiophene rings is 1. The van der Waals surface area contributed by atoms with Gasteiger partial charge in [-0.25, -0.2) is 0 Å². The van der Waals surface area contributed by atoms with Gasteiger partial charge in [-0.2, -0.15) is 5.10 Å². The van der Waals surface area contributed by atoms with Gasteiger partial charge in [-0.15, -0.1) is 11.3 Å². The van der Waals surface area contributed by atoms with Crippen molar-refractivity contribution in [1.29, 1.82) is 0 Å².